The number of nitrogens with one attached hydrogen (secondary N) is 1. The predicted molar refractivity (Wildman–Crippen MR) is 89.5 cm³/mol. The maximum Gasteiger partial charge on any atom is 0.368 e. The standard InChI is InChI=1S/C15H13N3O5S/c1-24(22,23)16-10-5-4-6-11(9-10)17-14(19)12-7-2-3-8-13(12)18(21)15(17)20/h2-9,16,21H,1H3. The first-order chi connectivity index (χ1) is 11.3. The molecule has 0 unspecified atom stereocenters. The van der Waals surface area contributed by atoms with Crippen LogP contribution < -0.4 is 16.0 Å². The first kappa shape index (κ1) is 15.8. The molecule has 3 rings (SSSR count). The summed E-state index contributed by atoms with van der Waals surface area (Å²) in [5.74, 6) is 0. The van der Waals surface area contributed by atoms with E-state index in [2.05, 4.69) is 4.72 Å². The molecule has 0 bridgehead atoms. The Labute approximate surface area is 136 Å². The first-order valence-corrected chi connectivity index (χ1v) is 8.71. The Balaban J connectivity index is 2.30. The number of para-hydroxylation sites is 1. The minimum atomic E-state index is -3.51. The summed E-state index contributed by atoms with van der Waals surface area (Å²) >= 11 is 0. The summed E-state index contributed by atoms with van der Waals surface area (Å²) in [7, 11) is -3.51. The molecule has 3 aromatic rings. The maximum atomic E-state index is 12.6. The SMILES string of the molecule is CS(=O)(=O)Nc1cccc(-n2c(=O)c3ccccc3n(O)c2=O)c1. The molecule has 0 saturated heterocycles. The summed E-state index contributed by atoms with van der Waals surface area (Å²) < 4.78 is 26.1. The van der Waals surface area contributed by atoms with Crippen LogP contribution in [0.3, 0.4) is 0 Å². The van der Waals surface area contributed by atoms with E-state index in [0.29, 0.717) is 4.73 Å². The van der Waals surface area contributed by atoms with Gasteiger partial charge >= 0.3 is 5.69 Å². The van der Waals surface area contributed by atoms with Crippen molar-refractivity contribution in [3.63, 3.8) is 0 Å². The van der Waals surface area contributed by atoms with Gasteiger partial charge in [0.15, 0.2) is 0 Å². The zero-order valence-corrected chi connectivity index (χ0v) is 13.3. The van der Waals surface area contributed by atoms with Gasteiger partial charge in [-0.05, 0) is 30.3 Å². The van der Waals surface area contributed by atoms with Gasteiger partial charge in [-0.25, -0.2) is 17.8 Å². The van der Waals surface area contributed by atoms with E-state index in [9.17, 15) is 23.2 Å². The molecule has 0 atom stereocenters. The largest absolute Gasteiger partial charge is 0.424 e. The van der Waals surface area contributed by atoms with Crippen molar-refractivity contribution in [3.05, 3.63) is 69.4 Å². The quantitative estimate of drug-likeness (QED) is 0.680. The zero-order valence-electron chi connectivity index (χ0n) is 12.5. The molecule has 0 spiro atoms. The van der Waals surface area contributed by atoms with Gasteiger partial charge in [-0.1, -0.05) is 18.2 Å². The van der Waals surface area contributed by atoms with Gasteiger partial charge in [-0.2, -0.15) is 0 Å². The van der Waals surface area contributed by atoms with Gasteiger partial charge < -0.3 is 5.21 Å². The molecular formula is C15H13N3O5S. The van der Waals surface area contributed by atoms with Gasteiger partial charge in [0.1, 0.15) is 0 Å². The fourth-order valence-electron chi connectivity index (χ4n) is 2.39. The lowest BCUT2D eigenvalue weighted by atomic mass is 10.2. The summed E-state index contributed by atoms with van der Waals surface area (Å²) in [6, 6.07) is 11.9. The number of fused-ring (bicyclic) bond motifs is 1. The zero-order chi connectivity index (χ0) is 17.5. The van der Waals surface area contributed by atoms with Gasteiger partial charge in [0.05, 0.1) is 28.5 Å². The van der Waals surface area contributed by atoms with E-state index >= 15 is 0 Å². The molecule has 0 amide bonds. The molecule has 0 aliphatic carbocycles. The Hall–Kier alpha value is -3.07. The van der Waals surface area contributed by atoms with Crippen molar-refractivity contribution in [1.29, 1.82) is 0 Å². The van der Waals surface area contributed by atoms with Crippen LogP contribution in [0.15, 0.2) is 58.1 Å². The van der Waals surface area contributed by atoms with Crippen LogP contribution in [0.25, 0.3) is 16.6 Å². The summed E-state index contributed by atoms with van der Waals surface area (Å²) in [6.07, 6.45) is 0.989. The highest BCUT2D eigenvalue weighted by atomic mass is 32.2. The molecule has 2 N–H and O–H groups in total. The van der Waals surface area contributed by atoms with Crippen LogP contribution in [0.4, 0.5) is 5.69 Å². The topological polar surface area (TPSA) is 110 Å². The Kier molecular flexibility index (Phi) is 3.64. The number of rotatable bonds is 3. The van der Waals surface area contributed by atoms with Crippen molar-refractivity contribution in [1.82, 2.24) is 9.30 Å². The smallest absolute Gasteiger partial charge is 0.368 e. The van der Waals surface area contributed by atoms with Gasteiger partial charge in [0, 0.05) is 0 Å². The van der Waals surface area contributed by atoms with Crippen LogP contribution >= 0.6 is 0 Å². The molecule has 124 valence electrons. The third kappa shape index (κ3) is 2.76. The van der Waals surface area contributed by atoms with Crippen LogP contribution in [-0.2, 0) is 10.0 Å². The Bertz CT molecular complexity index is 1160. The summed E-state index contributed by atoms with van der Waals surface area (Å²) in [5.41, 5.74) is -1.15. The van der Waals surface area contributed by atoms with Gasteiger partial charge in [-0.3, -0.25) is 9.52 Å². The summed E-state index contributed by atoms with van der Waals surface area (Å²) in [5, 5.41) is 10.2. The van der Waals surface area contributed by atoms with Crippen LogP contribution in [0.2, 0.25) is 0 Å². The van der Waals surface area contributed by atoms with Gasteiger partial charge in [0.2, 0.25) is 10.0 Å². The molecule has 0 fully saturated rings. The average molecular weight is 347 g/mol. The highest BCUT2D eigenvalue weighted by Crippen LogP contribution is 2.14. The molecular weight excluding hydrogens is 334 g/mol. The molecule has 9 heteroatoms. The van der Waals surface area contributed by atoms with E-state index in [1.807, 2.05) is 0 Å². The van der Waals surface area contributed by atoms with E-state index in [4.69, 9.17) is 0 Å². The molecule has 0 radical (unpaired) electrons. The molecule has 1 heterocycles. The van der Waals surface area contributed by atoms with Crippen molar-refractivity contribution in [2.24, 2.45) is 0 Å². The number of aromatic nitrogens is 2. The number of benzene rings is 2. The molecule has 1 aromatic heterocycles. The van der Waals surface area contributed by atoms with Crippen molar-refractivity contribution >= 4 is 26.6 Å². The monoisotopic (exact) mass is 347 g/mol. The molecule has 0 saturated carbocycles. The number of hydrogen-bond acceptors (Lipinski definition) is 5. The first-order valence-electron chi connectivity index (χ1n) is 6.82. The van der Waals surface area contributed by atoms with E-state index in [-0.39, 0.29) is 22.3 Å². The third-order valence-corrected chi connectivity index (χ3v) is 3.95. The lowest BCUT2D eigenvalue weighted by Crippen LogP contribution is -2.38. The second-order valence-corrected chi connectivity index (χ2v) is 6.93. The second-order valence-electron chi connectivity index (χ2n) is 5.18. The highest BCUT2D eigenvalue weighted by molar-refractivity contribution is 7.92. The van der Waals surface area contributed by atoms with Crippen molar-refractivity contribution < 1.29 is 13.6 Å². The average Bonchev–Trinajstić information content (AvgIpc) is 2.52. The molecule has 8 nitrogen and oxygen atoms in total. The Morgan fingerprint density at radius 1 is 1.04 bits per heavy atom. The lowest BCUT2D eigenvalue weighted by molar-refractivity contribution is 0.181. The van der Waals surface area contributed by atoms with E-state index in [1.165, 1.54) is 36.4 Å². The number of nitrogens with zero attached hydrogens (tertiary/aromatic N) is 2. The maximum absolute atomic E-state index is 12.6. The second kappa shape index (κ2) is 5.53. The molecule has 0 aliphatic rings. The van der Waals surface area contributed by atoms with Crippen LogP contribution in [0.5, 0.6) is 0 Å². The number of anilines is 1. The number of sulfonamides is 1. The van der Waals surface area contributed by atoms with Gasteiger partial charge in [-0.15, -0.1) is 4.73 Å². The van der Waals surface area contributed by atoms with Crippen LogP contribution in [0, 0.1) is 0 Å². The van der Waals surface area contributed by atoms with E-state index in [1.54, 1.807) is 12.1 Å². The summed E-state index contributed by atoms with van der Waals surface area (Å²) in [4.78, 5) is 24.9. The van der Waals surface area contributed by atoms with Crippen molar-refractivity contribution in [2.45, 2.75) is 0 Å². The number of hydrogen-bond donors (Lipinski definition) is 2. The minimum Gasteiger partial charge on any atom is -0.424 e. The summed E-state index contributed by atoms with van der Waals surface area (Å²) in [6.45, 7) is 0. The fraction of sp³-hybridized carbons (Fsp3) is 0.0667. The lowest BCUT2D eigenvalue weighted by Gasteiger charge is -2.11. The van der Waals surface area contributed by atoms with E-state index < -0.39 is 21.3 Å². The van der Waals surface area contributed by atoms with Crippen molar-refractivity contribution in [2.75, 3.05) is 11.0 Å². The Morgan fingerprint density at radius 3 is 2.46 bits per heavy atom. The Morgan fingerprint density at radius 2 is 1.75 bits per heavy atom. The van der Waals surface area contributed by atoms with Crippen LogP contribution in [-0.4, -0.2) is 29.2 Å². The van der Waals surface area contributed by atoms with E-state index in [0.717, 1.165) is 10.8 Å². The van der Waals surface area contributed by atoms with Crippen LogP contribution in [0.1, 0.15) is 0 Å². The third-order valence-electron chi connectivity index (χ3n) is 3.35. The molecule has 0 aliphatic heterocycles. The fourth-order valence-corrected chi connectivity index (χ4v) is 2.95. The predicted octanol–water partition coefficient (Wildman–Crippen LogP) is 0.761. The highest BCUT2D eigenvalue weighted by Gasteiger charge is 2.14. The molecule has 24 heavy (non-hydrogen) atoms. The van der Waals surface area contributed by atoms with Crippen molar-refractivity contribution in [3.8, 4) is 5.69 Å². The normalized spacial score (nSPS) is 11.5. The van der Waals surface area contributed by atoms with Gasteiger partial charge in [0.25, 0.3) is 5.56 Å². The minimum absolute atomic E-state index is 0.0918. The molecule has 2 aromatic carbocycles.